The highest BCUT2D eigenvalue weighted by molar-refractivity contribution is 8.14. The number of hydrogen-bond acceptors (Lipinski definition) is 2. The van der Waals surface area contributed by atoms with E-state index >= 15 is 0 Å². The fourth-order valence-electron chi connectivity index (χ4n) is 0.748. The SMILES string of the molecule is C/C=C/[C@@H](C)SC(=O)NCCC. The summed E-state index contributed by atoms with van der Waals surface area (Å²) in [6.45, 7) is 6.78. The number of carbonyl (C=O) groups excluding carboxylic acids is 1. The molecule has 0 radical (unpaired) electrons. The van der Waals surface area contributed by atoms with Crippen LogP contribution in [0, 0.1) is 0 Å². The standard InChI is InChI=1S/C9H17NOS/c1-4-6-8(3)12-9(11)10-7-5-2/h4,6,8H,5,7H2,1-3H3,(H,10,11)/b6-4+/t8-/m1/s1. The lowest BCUT2D eigenvalue weighted by Crippen LogP contribution is -2.20. The van der Waals surface area contributed by atoms with Crippen LogP contribution in [-0.2, 0) is 0 Å². The minimum Gasteiger partial charge on any atom is -0.347 e. The summed E-state index contributed by atoms with van der Waals surface area (Å²) in [5.41, 5.74) is 0. The summed E-state index contributed by atoms with van der Waals surface area (Å²) in [7, 11) is 0. The molecule has 0 spiro atoms. The van der Waals surface area contributed by atoms with Crippen molar-refractivity contribution in [3.8, 4) is 0 Å². The van der Waals surface area contributed by atoms with Crippen LogP contribution >= 0.6 is 11.8 Å². The topological polar surface area (TPSA) is 29.1 Å². The van der Waals surface area contributed by atoms with E-state index in [9.17, 15) is 4.79 Å². The molecule has 0 fully saturated rings. The lowest BCUT2D eigenvalue weighted by atomic mass is 10.4. The predicted octanol–water partition coefficient (Wildman–Crippen LogP) is 2.80. The van der Waals surface area contributed by atoms with Crippen molar-refractivity contribution >= 4 is 17.0 Å². The normalized spacial score (nSPS) is 13.2. The molecule has 1 amide bonds. The third-order valence-electron chi connectivity index (χ3n) is 1.28. The van der Waals surface area contributed by atoms with Crippen LogP contribution < -0.4 is 5.32 Å². The quantitative estimate of drug-likeness (QED) is 0.686. The number of carbonyl (C=O) groups is 1. The smallest absolute Gasteiger partial charge is 0.279 e. The second-order valence-electron chi connectivity index (χ2n) is 2.56. The van der Waals surface area contributed by atoms with Gasteiger partial charge in [-0.1, -0.05) is 30.8 Å². The molecule has 0 rings (SSSR count). The van der Waals surface area contributed by atoms with E-state index < -0.39 is 0 Å². The van der Waals surface area contributed by atoms with Crippen LogP contribution in [0.1, 0.15) is 27.2 Å². The molecule has 0 aromatic heterocycles. The Bertz CT molecular complexity index is 157. The van der Waals surface area contributed by atoms with Gasteiger partial charge in [0.1, 0.15) is 0 Å². The molecule has 12 heavy (non-hydrogen) atoms. The second-order valence-corrected chi connectivity index (χ2v) is 3.91. The van der Waals surface area contributed by atoms with Gasteiger partial charge in [0, 0.05) is 11.8 Å². The van der Waals surface area contributed by atoms with E-state index in [0.29, 0.717) is 0 Å². The van der Waals surface area contributed by atoms with Crippen molar-refractivity contribution < 1.29 is 4.79 Å². The van der Waals surface area contributed by atoms with E-state index in [1.54, 1.807) is 0 Å². The molecule has 70 valence electrons. The third kappa shape index (κ3) is 6.28. The minimum absolute atomic E-state index is 0.0717. The number of thioether (sulfide) groups is 1. The Kier molecular flexibility index (Phi) is 6.96. The van der Waals surface area contributed by atoms with Crippen LogP contribution in [0.2, 0.25) is 0 Å². The molecule has 0 aliphatic rings. The third-order valence-corrected chi connectivity index (χ3v) is 2.16. The largest absolute Gasteiger partial charge is 0.347 e. The highest BCUT2D eigenvalue weighted by atomic mass is 32.2. The van der Waals surface area contributed by atoms with Gasteiger partial charge < -0.3 is 5.32 Å². The Hall–Kier alpha value is -0.440. The molecule has 2 nitrogen and oxygen atoms in total. The fraction of sp³-hybridized carbons (Fsp3) is 0.667. The minimum atomic E-state index is 0.0717. The number of hydrogen-bond donors (Lipinski definition) is 1. The molecule has 0 aliphatic heterocycles. The number of nitrogens with one attached hydrogen (secondary N) is 1. The molecule has 0 heterocycles. The lowest BCUT2D eigenvalue weighted by Gasteiger charge is -2.05. The van der Waals surface area contributed by atoms with Gasteiger partial charge in [0.2, 0.25) is 0 Å². The first-order valence-electron chi connectivity index (χ1n) is 4.28. The summed E-state index contributed by atoms with van der Waals surface area (Å²) in [6.07, 6.45) is 4.96. The zero-order chi connectivity index (χ0) is 9.40. The summed E-state index contributed by atoms with van der Waals surface area (Å²) in [4.78, 5) is 11.1. The second kappa shape index (κ2) is 7.22. The first kappa shape index (κ1) is 11.6. The van der Waals surface area contributed by atoms with Crippen LogP contribution in [0.15, 0.2) is 12.2 Å². The molecule has 0 aromatic carbocycles. The summed E-state index contributed by atoms with van der Waals surface area (Å²) < 4.78 is 0. The molecular formula is C9H17NOS. The first-order chi connectivity index (χ1) is 5.70. The highest BCUT2D eigenvalue weighted by Crippen LogP contribution is 2.11. The molecule has 0 saturated heterocycles. The van der Waals surface area contributed by atoms with Crippen molar-refractivity contribution in [1.82, 2.24) is 5.32 Å². The molecule has 1 atom stereocenters. The lowest BCUT2D eigenvalue weighted by molar-refractivity contribution is 0.260. The molecule has 0 unspecified atom stereocenters. The number of rotatable bonds is 4. The van der Waals surface area contributed by atoms with Crippen molar-refractivity contribution in [2.75, 3.05) is 6.54 Å². The molecule has 0 saturated carbocycles. The summed E-state index contributed by atoms with van der Waals surface area (Å²) in [5.74, 6) is 0. The number of allylic oxidation sites excluding steroid dienone is 1. The van der Waals surface area contributed by atoms with Crippen molar-refractivity contribution in [2.45, 2.75) is 32.4 Å². The van der Waals surface area contributed by atoms with Gasteiger partial charge in [0.25, 0.3) is 5.24 Å². The van der Waals surface area contributed by atoms with Gasteiger partial charge in [-0.15, -0.1) is 0 Å². The van der Waals surface area contributed by atoms with Crippen molar-refractivity contribution in [2.24, 2.45) is 0 Å². The van der Waals surface area contributed by atoms with Gasteiger partial charge in [0.15, 0.2) is 0 Å². The monoisotopic (exact) mass is 187 g/mol. The Labute approximate surface area is 78.8 Å². The van der Waals surface area contributed by atoms with Crippen LogP contribution in [0.4, 0.5) is 4.79 Å². The highest BCUT2D eigenvalue weighted by Gasteiger charge is 2.04. The molecule has 0 bridgehead atoms. The number of amides is 1. The van der Waals surface area contributed by atoms with Gasteiger partial charge >= 0.3 is 0 Å². The molecular weight excluding hydrogens is 170 g/mol. The molecule has 1 N–H and O–H groups in total. The summed E-state index contributed by atoms with van der Waals surface area (Å²) in [6, 6.07) is 0. The van der Waals surface area contributed by atoms with E-state index in [4.69, 9.17) is 0 Å². The van der Waals surface area contributed by atoms with Gasteiger partial charge in [-0.3, -0.25) is 4.79 Å². The van der Waals surface area contributed by atoms with Crippen molar-refractivity contribution in [3.05, 3.63) is 12.2 Å². The van der Waals surface area contributed by atoms with E-state index in [1.807, 2.05) is 32.9 Å². The van der Waals surface area contributed by atoms with E-state index in [0.717, 1.165) is 13.0 Å². The van der Waals surface area contributed by atoms with Crippen LogP contribution in [0.3, 0.4) is 0 Å². The Morgan fingerprint density at radius 3 is 2.83 bits per heavy atom. The summed E-state index contributed by atoms with van der Waals surface area (Å²) >= 11 is 1.33. The zero-order valence-corrected chi connectivity index (χ0v) is 8.78. The predicted molar refractivity (Wildman–Crippen MR) is 55.6 cm³/mol. The van der Waals surface area contributed by atoms with E-state index in [1.165, 1.54) is 11.8 Å². The van der Waals surface area contributed by atoms with Gasteiger partial charge in [-0.05, 0) is 20.3 Å². The van der Waals surface area contributed by atoms with E-state index in [2.05, 4.69) is 5.32 Å². The van der Waals surface area contributed by atoms with Gasteiger partial charge in [0.05, 0.1) is 0 Å². The van der Waals surface area contributed by atoms with Crippen LogP contribution in [0.25, 0.3) is 0 Å². The van der Waals surface area contributed by atoms with E-state index in [-0.39, 0.29) is 10.5 Å². The maximum absolute atomic E-state index is 11.1. The van der Waals surface area contributed by atoms with Crippen molar-refractivity contribution in [1.29, 1.82) is 0 Å². The van der Waals surface area contributed by atoms with Gasteiger partial charge in [-0.25, -0.2) is 0 Å². The maximum Gasteiger partial charge on any atom is 0.279 e. The zero-order valence-electron chi connectivity index (χ0n) is 7.96. The molecule has 0 aromatic rings. The van der Waals surface area contributed by atoms with Crippen molar-refractivity contribution in [3.63, 3.8) is 0 Å². The first-order valence-corrected chi connectivity index (χ1v) is 5.16. The Morgan fingerprint density at radius 1 is 1.67 bits per heavy atom. The molecule has 3 heteroatoms. The average Bonchev–Trinajstić information content (AvgIpc) is 2.01. The average molecular weight is 187 g/mol. The van der Waals surface area contributed by atoms with Crippen LogP contribution in [-0.4, -0.2) is 17.0 Å². The Morgan fingerprint density at radius 2 is 2.33 bits per heavy atom. The van der Waals surface area contributed by atoms with Crippen LogP contribution in [0.5, 0.6) is 0 Å². The molecule has 0 aliphatic carbocycles. The van der Waals surface area contributed by atoms with Gasteiger partial charge in [-0.2, -0.15) is 0 Å². The summed E-state index contributed by atoms with van der Waals surface area (Å²) in [5, 5.41) is 3.15. The Balaban J connectivity index is 3.54. The fourth-order valence-corrected chi connectivity index (χ4v) is 1.51. The maximum atomic E-state index is 11.1.